The summed E-state index contributed by atoms with van der Waals surface area (Å²) < 4.78 is 5.87. The first kappa shape index (κ1) is 21.1. The summed E-state index contributed by atoms with van der Waals surface area (Å²) in [7, 11) is 0. The van der Waals surface area contributed by atoms with Gasteiger partial charge in [0.25, 0.3) is 0 Å². The summed E-state index contributed by atoms with van der Waals surface area (Å²) in [5.41, 5.74) is 0.0268. The number of nitrogens with one attached hydrogen (secondary N) is 2. The molecule has 1 aromatic heterocycles. The first-order chi connectivity index (χ1) is 12.3. The highest BCUT2D eigenvalue weighted by Crippen LogP contribution is 2.20. The highest BCUT2D eigenvalue weighted by molar-refractivity contribution is 7.11. The van der Waals surface area contributed by atoms with Crippen LogP contribution < -0.4 is 10.6 Å². The number of aryl methyl sites for hydroxylation is 1. The van der Waals surface area contributed by atoms with Crippen LogP contribution in [0.25, 0.3) is 0 Å². The summed E-state index contributed by atoms with van der Waals surface area (Å²) in [6.45, 7) is 17.3. The Bertz CT molecular complexity index is 576. The molecule has 0 bridgehead atoms. The molecule has 1 aliphatic heterocycles. The zero-order chi connectivity index (χ0) is 19.2. The van der Waals surface area contributed by atoms with Gasteiger partial charge in [-0.2, -0.15) is 0 Å². The Kier molecular flexibility index (Phi) is 7.85. The van der Waals surface area contributed by atoms with Crippen LogP contribution in [0.15, 0.2) is 11.2 Å². The topological polar surface area (TPSA) is 61.8 Å². The standard InChI is InChI=1S/C19H35N5OS/c1-7-16-9-21-17(26-16)10-22-18(20-8-2)23-13-19(5,6)24-11-14(3)25-15(4)12-24/h9,14-15H,7-8,10-13H2,1-6H3,(H2,20,22,23). The van der Waals surface area contributed by atoms with E-state index in [0.29, 0.717) is 6.54 Å². The van der Waals surface area contributed by atoms with Gasteiger partial charge in [0.2, 0.25) is 0 Å². The Morgan fingerprint density at radius 2 is 2.00 bits per heavy atom. The minimum Gasteiger partial charge on any atom is -0.373 e. The van der Waals surface area contributed by atoms with E-state index in [1.54, 1.807) is 11.3 Å². The normalized spacial score (nSPS) is 22.5. The number of ether oxygens (including phenoxy) is 1. The molecule has 0 amide bonds. The van der Waals surface area contributed by atoms with Crippen molar-refractivity contribution in [2.24, 2.45) is 4.99 Å². The maximum absolute atomic E-state index is 5.87. The summed E-state index contributed by atoms with van der Waals surface area (Å²) in [4.78, 5) is 13.0. The number of aromatic nitrogens is 1. The van der Waals surface area contributed by atoms with Gasteiger partial charge in [0.15, 0.2) is 5.96 Å². The molecule has 0 saturated carbocycles. The molecule has 7 heteroatoms. The van der Waals surface area contributed by atoms with E-state index in [2.05, 4.69) is 62.1 Å². The second-order valence-corrected chi connectivity index (χ2v) is 8.80. The average Bonchev–Trinajstić information content (AvgIpc) is 3.04. The van der Waals surface area contributed by atoms with Crippen LogP contribution in [0.1, 0.15) is 51.4 Å². The summed E-state index contributed by atoms with van der Waals surface area (Å²) >= 11 is 1.74. The van der Waals surface area contributed by atoms with E-state index in [1.807, 2.05) is 6.20 Å². The predicted molar refractivity (Wildman–Crippen MR) is 110 cm³/mol. The molecule has 148 valence electrons. The highest BCUT2D eigenvalue weighted by atomic mass is 32.1. The van der Waals surface area contributed by atoms with Gasteiger partial charge in [-0.3, -0.25) is 4.90 Å². The largest absolute Gasteiger partial charge is 0.373 e. The summed E-state index contributed by atoms with van der Waals surface area (Å²) in [6, 6.07) is 0. The Morgan fingerprint density at radius 1 is 1.31 bits per heavy atom. The predicted octanol–water partition coefficient (Wildman–Crippen LogP) is 2.65. The number of hydrogen-bond donors (Lipinski definition) is 2. The molecule has 1 aliphatic rings. The van der Waals surface area contributed by atoms with Gasteiger partial charge >= 0.3 is 0 Å². The van der Waals surface area contributed by atoms with Crippen LogP contribution in [-0.2, 0) is 17.7 Å². The molecule has 0 spiro atoms. The number of nitrogens with zero attached hydrogens (tertiary/aromatic N) is 3. The van der Waals surface area contributed by atoms with Crippen LogP contribution in [0.4, 0.5) is 0 Å². The molecule has 1 fully saturated rings. The molecule has 0 radical (unpaired) electrons. The molecule has 1 aromatic rings. The molecular formula is C19H35N5OS. The average molecular weight is 382 g/mol. The first-order valence-corrected chi connectivity index (χ1v) is 10.5. The zero-order valence-corrected chi connectivity index (χ0v) is 17.9. The lowest BCUT2D eigenvalue weighted by molar-refractivity contribution is -0.0946. The summed E-state index contributed by atoms with van der Waals surface area (Å²) in [5, 5.41) is 7.92. The van der Waals surface area contributed by atoms with Crippen molar-refractivity contribution in [2.75, 3.05) is 26.2 Å². The van der Waals surface area contributed by atoms with E-state index in [0.717, 1.165) is 43.6 Å². The van der Waals surface area contributed by atoms with Crippen LogP contribution in [0.2, 0.25) is 0 Å². The third kappa shape index (κ3) is 6.21. The Hall–Kier alpha value is -1.18. The van der Waals surface area contributed by atoms with Gasteiger partial charge in [-0.25, -0.2) is 9.98 Å². The van der Waals surface area contributed by atoms with Crippen molar-refractivity contribution in [3.05, 3.63) is 16.1 Å². The molecule has 2 N–H and O–H groups in total. The fourth-order valence-corrected chi connectivity index (χ4v) is 3.94. The van der Waals surface area contributed by atoms with E-state index >= 15 is 0 Å². The van der Waals surface area contributed by atoms with Crippen molar-refractivity contribution in [3.8, 4) is 0 Å². The van der Waals surface area contributed by atoms with Crippen LogP contribution in [0, 0.1) is 0 Å². The van der Waals surface area contributed by atoms with Crippen LogP contribution in [0.3, 0.4) is 0 Å². The number of rotatable bonds is 7. The van der Waals surface area contributed by atoms with Crippen LogP contribution in [0.5, 0.6) is 0 Å². The number of morpholine rings is 1. The second kappa shape index (κ2) is 9.67. The lowest BCUT2D eigenvalue weighted by Gasteiger charge is -2.45. The smallest absolute Gasteiger partial charge is 0.191 e. The molecule has 0 aliphatic carbocycles. The van der Waals surface area contributed by atoms with E-state index in [9.17, 15) is 0 Å². The number of guanidine groups is 1. The minimum atomic E-state index is 0.0268. The van der Waals surface area contributed by atoms with E-state index < -0.39 is 0 Å². The molecule has 26 heavy (non-hydrogen) atoms. The third-order valence-electron chi connectivity index (χ3n) is 4.63. The Balaban J connectivity index is 1.94. The maximum Gasteiger partial charge on any atom is 0.191 e. The third-order valence-corrected chi connectivity index (χ3v) is 5.76. The van der Waals surface area contributed by atoms with Gasteiger partial charge in [0, 0.05) is 42.8 Å². The highest BCUT2D eigenvalue weighted by Gasteiger charge is 2.33. The van der Waals surface area contributed by atoms with Gasteiger partial charge in [0.1, 0.15) is 5.01 Å². The lowest BCUT2D eigenvalue weighted by atomic mass is 10.00. The minimum absolute atomic E-state index is 0.0268. The van der Waals surface area contributed by atoms with Crippen molar-refractivity contribution >= 4 is 17.3 Å². The monoisotopic (exact) mass is 381 g/mol. The van der Waals surface area contributed by atoms with Gasteiger partial charge in [-0.15, -0.1) is 11.3 Å². The lowest BCUT2D eigenvalue weighted by Crippen LogP contribution is -2.59. The molecule has 6 nitrogen and oxygen atoms in total. The number of hydrogen-bond acceptors (Lipinski definition) is 5. The quantitative estimate of drug-likeness (QED) is 0.562. The van der Waals surface area contributed by atoms with Crippen molar-refractivity contribution in [2.45, 2.75) is 72.3 Å². The SMILES string of the molecule is CCNC(=NCc1ncc(CC)s1)NCC(C)(C)N1CC(C)OC(C)C1. The van der Waals surface area contributed by atoms with Crippen molar-refractivity contribution in [1.29, 1.82) is 0 Å². The molecule has 0 aromatic carbocycles. The molecule has 2 unspecified atom stereocenters. The fourth-order valence-electron chi connectivity index (χ4n) is 3.16. The molecule has 2 atom stereocenters. The van der Waals surface area contributed by atoms with Gasteiger partial charge in [-0.1, -0.05) is 6.92 Å². The van der Waals surface area contributed by atoms with Gasteiger partial charge < -0.3 is 15.4 Å². The molecule has 2 rings (SSSR count). The van der Waals surface area contributed by atoms with E-state index in [4.69, 9.17) is 9.73 Å². The molecule has 1 saturated heterocycles. The van der Waals surface area contributed by atoms with Crippen LogP contribution >= 0.6 is 11.3 Å². The second-order valence-electron chi connectivity index (χ2n) is 7.60. The zero-order valence-electron chi connectivity index (χ0n) is 17.1. The van der Waals surface area contributed by atoms with Crippen molar-refractivity contribution in [3.63, 3.8) is 0 Å². The molecular weight excluding hydrogens is 346 g/mol. The van der Waals surface area contributed by atoms with Crippen molar-refractivity contribution in [1.82, 2.24) is 20.5 Å². The number of thiazole rings is 1. The summed E-state index contributed by atoms with van der Waals surface area (Å²) in [6.07, 6.45) is 3.54. The van der Waals surface area contributed by atoms with E-state index in [1.165, 1.54) is 4.88 Å². The fraction of sp³-hybridized carbons (Fsp3) is 0.789. The van der Waals surface area contributed by atoms with Gasteiger partial charge in [-0.05, 0) is 41.0 Å². The Labute approximate surface area is 162 Å². The van der Waals surface area contributed by atoms with Crippen LogP contribution in [-0.4, -0.2) is 59.8 Å². The van der Waals surface area contributed by atoms with E-state index in [-0.39, 0.29) is 17.7 Å². The van der Waals surface area contributed by atoms with Crippen molar-refractivity contribution < 1.29 is 4.74 Å². The number of aliphatic imine (C=N–C) groups is 1. The molecule has 2 heterocycles. The summed E-state index contributed by atoms with van der Waals surface area (Å²) in [5.74, 6) is 0.850. The first-order valence-electron chi connectivity index (χ1n) is 9.70. The van der Waals surface area contributed by atoms with Gasteiger partial charge in [0.05, 0.1) is 18.8 Å². The maximum atomic E-state index is 5.87. The Morgan fingerprint density at radius 3 is 2.58 bits per heavy atom.